The Morgan fingerprint density at radius 3 is 2.45 bits per heavy atom. The van der Waals surface area contributed by atoms with Crippen LogP contribution in [-0.4, -0.2) is 52.8 Å². The predicted octanol–water partition coefficient (Wildman–Crippen LogP) is 4.73. The molecule has 234 valence electrons. The highest BCUT2D eigenvalue weighted by Crippen LogP contribution is 2.37. The average molecular weight is 635 g/mol. The molecule has 1 atom stereocenters. The number of piperidine rings is 1. The minimum atomic E-state index is -4.72. The summed E-state index contributed by atoms with van der Waals surface area (Å²) in [5.74, 6) is -2.07. The highest BCUT2D eigenvalue weighted by Gasteiger charge is 2.39. The van der Waals surface area contributed by atoms with E-state index in [4.69, 9.17) is 16.3 Å². The van der Waals surface area contributed by atoms with Crippen molar-refractivity contribution in [1.29, 1.82) is 0 Å². The number of rotatable bonds is 7. The number of carbonyl (C=O) groups is 5. The van der Waals surface area contributed by atoms with Gasteiger partial charge in [0.25, 0.3) is 5.91 Å². The molecule has 1 fully saturated rings. The largest absolute Gasteiger partial charge is 0.457 e. The summed E-state index contributed by atoms with van der Waals surface area (Å²) >= 11 is 5.91. The third-order valence-electron chi connectivity index (χ3n) is 6.88. The third kappa shape index (κ3) is 7.39. The molecule has 5 amide bonds. The molecule has 0 bridgehead atoms. The number of halogens is 4. The molecule has 10 nitrogen and oxygen atoms in total. The van der Waals surface area contributed by atoms with Gasteiger partial charge in [-0.25, -0.2) is 9.59 Å². The van der Waals surface area contributed by atoms with Gasteiger partial charge in [0.2, 0.25) is 11.8 Å². The standard InChI is InChI=1S/C30H30ClF3N4O6/c1-16(27(42)44-29(2,3)4)14-37(19-6-8-21(22(31)12-19)30(32,33)34)28(43)35-13-17-5-7-20-18(11-17)15-38(26(20)41)23-9-10-24(39)36-25(23)40/h5-8,11-12,23H,1,9-10,13-15H2,2-4H3,(H,35,43)(H,36,39,40). The Hall–Kier alpha value is -4.39. The SMILES string of the molecule is C=C(CN(C(=O)NCc1ccc2c(c1)CN(C1CCC(=O)NC1=O)C2=O)c1ccc(C(F)(F)F)c(Cl)c1)C(=O)OC(C)(C)C. The van der Waals surface area contributed by atoms with Crippen molar-refractivity contribution in [3.05, 3.63) is 75.8 Å². The normalized spacial score (nSPS) is 16.8. The molecule has 14 heteroatoms. The molecular formula is C30H30ClF3N4O6. The summed E-state index contributed by atoms with van der Waals surface area (Å²) < 4.78 is 45.2. The van der Waals surface area contributed by atoms with Crippen LogP contribution in [0.15, 0.2) is 48.6 Å². The van der Waals surface area contributed by atoms with Crippen LogP contribution < -0.4 is 15.5 Å². The number of urea groups is 1. The van der Waals surface area contributed by atoms with Crippen molar-refractivity contribution in [2.75, 3.05) is 11.4 Å². The van der Waals surface area contributed by atoms with Crippen LogP contribution in [-0.2, 0) is 38.4 Å². The van der Waals surface area contributed by atoms with Crippen LogP contribution in [0.2, 0.25) is 5.02 Å². The minimum absolute atomic E-state index is 0.0235. The molecule has 2 aromatic carbocycles. The lowest BCUT2D eigenvalue weighted by atomic mass is 10.0. The fourth-order valence-corrected chi connectivity index (χ4v) is 5.08. The molecule has 0 radical (unpaired) electrons. The highest BCUT2D eigenvalue weighted by atomic mass is 35.5. The van der Waals surface area contributed by atoms with E-state index in [2.05, 4.69) is 17.2 Å². The number of alkyl halides is 3. The zero-order chi connectivity index (χ0) is 32.6. The lowest BCUT2D eigenvalue weighted by molar-refractivity contribution is -0.150. The van der Waals surface area contributed by atoms with Gasteiger partial charge in [-0.1, -0.05) is 30.3 Å². The second kappa shape index (κ2) is 12.3. The summed E-state index contributed by atoms with van der Waals surface area (Å²) in [5, 5.41) is 4.28. The molecule has 0 saturated carbocycles. The molecular weight excluding hydrogens is 605 g/mol. The van der Waals surface area contributed by atoms with Gasteiger partial charge in [-0.05, 0) is 62.6 Å². The Labute approximate surface area is 256 Å². The topological polar surface area (TPSA) is 125 Å². The number of amides is 5. The maximum atomic E-state index is 13.4. The van der Waals surface area contributed by atoms with E-state index in [1.807, 2.05) is 0 Å². The van der Waals surface area contributed by atoms with Gasteiger partial charge in [-0.2, -0.15) is 13.2 Å². The maximum Gasteiger partial charge on any atom is 0.417 e. The molecule has 2 aliphatic rings. The molecule has 2 aromatic rings. The number of hydrogen-bond acceptors (Lipinski definition) is 6. The molecule has 2 N–H and O–H groups in total. The first-order chi connectivity index (χ1) is 20.4. The number of benzene rings is 2. The van der Waals surface area contributed by atoms with Crippen molar-refractivity contribution >= 4 is 47.0 Å². The lowest BCUT2D eigenvalue weighted by Gasteiger charge is -2.29. The van der Waals surface area contributed by atoms with Gasteiger partial charge in [-0.15, -0.1) is 0 Å². The number of hydrogen-bond donors (Lipinski definition) is 2. The lowest BCUT2D eigenvalue weighted by Crippen LogP contribution is -2.52. The Bertz CT molecular complexity index is 1550. The van der Waals surface area contributed by atoms with E-state index in [1.54, 1.807) is 39.0 Å². The number of nitrogens with zero attached hydrogens (tertiary/aromatic N) is 2. The molecule has 1 unspecified atom stereocenters. The fraction of sp³-hybridized carbons (Fsp3) is 0.367. The maximum absolute atomic E-state index is 13.4. The van der Waals surface area contributed by atoms with E-state index >= 15 is 0 Å². The van der Waals surface area contributed by atoms with Gasteiger partial charge >= 0.3 is 18.2 Å². The van der Waals surface area contributed by atoms with E-state index in [0.29, 0.717) is 16.7 Å². The number of imide groups is 1. The van der Waals surface area contributed by atoms with Crippen LogP contribution in [0.4, 0.5) is 23.7 Å². The van der Waals surface area contributed by atoms with E-state index in [9.17, 15) is 37.1 Å². The van der Waals surface area contributed by atoms with Crippen molar-refractivity contribution in [1.82, 2.24) is 15.5 Å². The molecule has 4 rings (SSSR count). The second-order valence-electron chi connectivity index (χ2n) is 11.4. The minimum Gasteiger partial charge on any atom is -0.457 e. The van der Waals surface area contributed by atoms with Gasteiger partial charge in [0.05, 0.1) is 17.1 Å². The number of anilines is 1. The second-order valence-corrected chi connectivity index (χ2v) is 11.8. The van der Waals surface area contributed by atoms with Crippen molar-refractivity contribution in [3.8, 4) is 0 Å². The summed E-state index contributed by atoms with van der Waals surface area (Å²) in [6.45, 7) is 8.29. The van der Waals surface area contributed by atoms with Crippen molar-refractivity contribution < 1.29 is 41.9 Å². The predicted molar refractivity (Wildman–Crippen MR) is 154 cm³/mol. The first kappa shape index (κ1) is 32.5. The summed E-state index contributed by atoms with van der Waals surface area (Å²) in [6, 6.07) is 6.09. The Morgan fingerprint density at radius 1 is 1.14 bits per heavy atom. The van der Waals surface area contributed by atoms with Crippen LogP contribution in [0, 0.1) is 0 Å². The van der Waals surface area contributed by atoms with Crippen molar-refractivity contribution in [3.63, 3.8) is 0 Å². The number of esters is 1. The average Bonchev–Trinajstić information content (AvgIpc) is 3.23. The zero-order valence-corrected chi connectivity index (χ0v) is 24.9. The smallest absolute Gasteiger partial charge is 0.417 e. The van der Waals surface area contributed by atoms with Crippen LogP contribution in [0.25, 0.3) is 0 Å². The van der Waals surface area contributed by atoms with E-state index < -0.39 is 58.8 Å². The highest BCUT2D eigenvalue weighted by molar-refractivity contribution is 6.31. The number of nitrogens with one attached hydrogen (secondary N) is 2. The van der Waals surface area contributed by atoms with Crippen LogP contribution >= 0.6 is 11.6 Å². The summed E-state index contributed by atoms with van der Waals surface area (Å²) in [4.78, 5) is 65.1. The molecule has 2 aliphatic heterocycles. The van der Waals surface area contributed by atoms with E-state index in [-0.39, 0.29) is 43.1 Å². The van der Waals surface area contributed by atoms with E-state index in [1.165, 1.54) is 4.90 Å². The third-order valence-corrected chi connectivity index (χ3v) is 7.20. The molecule has 0 spiro atoms. The van der Waals surface area contributed by atoms with Crippen LogP contribution in [0.5, 0.6) is 0 Å². The Morgan fingerprint density at radius 2 is 1.84 bits per heavy atom. The zero-order valence-electron chi connectivity index (χ0n) is 24.1. The molecule has 1 saturated heterocycles. The van der Waals surface area contributed by atoms with E-state index in [0.717, 1.165) is 23.1 Å². The summed E-state index contributed by atoms with van der Waals surface area (Å²) in [5.41, 5.74) is -0.497. The summed E-state index contributed by atoms with van der Waals surface area (Å²) in [6.07, 6.45) is -4.38. The van der Waals surface area contributed by atoms with Crippen molar-refractivity contribution in [2.24, 2.45) is 0 Å². The quantitative estimate of drug-likeness (QED) is 0.258. The number of ether oxygens (including phenoxy) is 1. The number of carbonyl (C=O) groups excluding carboxylic acids is 5. The van der Waals surface area contributed by atoms with Crippen molar-refractivity contribution in [2.45, 2.75) is 64.5 Å². The first-order valence-electron chi connectivity index (χ1n) is 13.5. The summed E-state index contributed by atoms with van der Waals surface area (Å²) in [7, 11) is 0. The van der Waals surface area contributed by atoms with Gasteiger partial charge in [0, 0.05) is 36.3 Å². The first-order valence-corrected chi connectivity index (χ1v) is 13.9. The van der Waals surface area contributed by atoms with Gasteiger partial charge in [0.15, 0.2) is 0 Å². The Kier molecular flexibility index (Phi) is 9.10. The molecule has 2 heterocycles. The number of fused-ring (bicyclic) bond motifs is 1. The van der Waals surface area contributed by atoms with Gasteiger partial charge in [0.1, 0.15) is 11.6 Å². The fourth-order valence-electron chi connectivity index (χ4n) is 4.80. The molecule has 44 heavy (non-hydrogen) atoms. The van der Waals surface area contributed by atoms with Gasteiger partial charge in [-0.3, -0.25) is 24.6 Å². The molecule has 0 aliphatic carbocycles. The monoisotopic (exact) mass is 634 g/mol. The van der Waals surface area contributed by atoms with Crippen LogP contribution in [0.3, 0.4) is 0 Å². The van der Waals surface area contributed by atoms with Crippen LogP contribution in [0.1, 0.15) is 60.7 Å². The van der Waals surface area contributed by atoms with Gasteiger partial charge < -0.3 is 15.0 Å². The Balaban J connectivity index is 1.51. The molecule has 0 aromatic heterocycles.